The van der Waals surface area contributed by atoms with Gasteiger partial charge < -0.3 is 10.6 Å². The molecule has 0 radical (unpaired) electrons. The van der Waals surface area contributed by atoms with Gasteiger partial charge in [-0.1, -0.05) is 29.8 Å². The van der Waals surface area contributed by atoms with Crippen molar-refractivity contribution in [1.82, 2.24) is 9.78 Å². The van der Waals surface area contributed by atoms with Crippen LogP contribution in [0.15, 0.2) is 54.9 Å². The number of nitrogens with one attached hydrogen (secondary N) is 2. The average Bonchev–Trinajstić information content (AvgIpc) is 2.99. The molecule has 4 nitrogen and oxygen atoms in total. The van der Waals surface area contributed by atoms with Crippen LogP contribution < -0.4 is 10.6 Å². The van der Waals surface area contributed by atoms with Crippen molar-refractivity contribution >= 4 is 40.3 Å². The highest BCUT2D eigenvalue weighted by Crippen LogP contribution is 2.19. The van der Waals surface area contributed by atoms with E-state index in [1.165, 1.54) is 18.2 Å². The number of benzene rings is 2. The lowest BCUT2D eigenvalue weighted by Crippen LogP contribution is -2.19. The first-order valence-corrected chi connectivity index (χ1v) is 8.09. The minimum Gasteiger partial charge on any atom is -0.330 e. The third-order valence-electron chi connectivity index (χ3n) is 3.36. The van der Waals surface area contributed by atoms with E-state index in [4.69, 9.17) is 23.8 Å². The summed E-state index contributed by atoms with van der Waals surface area (Å²) in [5.74, 6) is -0.783. The van der Waals surface area contributed by atoms with Crippen LogP contribution in [0.3, 0.4) is 0 Å². The maximum absolute atomic E-state index is 13.6. The predicted molar refractivity (Wildman–Crippen MR) is 99.0 cm³/mol. The molecular weight excluding hydrogens is 366 g/mol. The van der Waals surface area contributed by atoms with Gasteiger partial charge in [0.25, 0.3) is 0 Å². The number of para-hydroxylation sites is 1. The van der Waals surface area contributed by atoms with E-state index in [2.05, 4.69) is 15.7 Å². The fourth-order valence-electron chi connectivity index (χ4n) is 2.19. The van der Waals surface area contributed by atoms with Crippen molar-refractivity contribution in [3.8, 4) is 0 Å². The highest BCUT2D eigenvalue weighted by atomic mass is 35.5. The summed E-state index contributed by atoms with van der Waals surface area (Å²) in [5.41, 5.74) is 1.65. The Kier molecular flexibility index (Phi) is 5.25. The topological polar surface area (TPSA) is 41.9 Å². The lowest BCUT2D eigenvalue weighted by atomic mass is 10.2. The van der Waals surface area contributed by atoms with Crippen LogP contribution in [0.2, 0.25) is 5.02 Å². The molecule has 0 unspecified atom stereocenters. The summed E-state index contributed by atoms with van der Waals surface area (Å²) in [7, 11) is 0. The van der Waals surface area contributed by atoms with E-state index in [1.54, 1.807) is 41.3 Å². The Morgan fingerprint density at radius 1 is 1.16 bits per heavy atom. The molecule has 0 aliphatic carbocycles. The lowest BCUT2D eigenvalue weighted by Gasteiger charge is -2.09. The monoisotopic (exact) mass is 378 g/mol. The third-order valence-corrected chi connectivity index (χ3v) is 3.92. The van der Waals surface area contributed by atoms with Crippen LogP contribution >= 0.6 is 23.8 Å². The van der Waals surface area contributed by atoms with Crippen LogP contribution in [0, 0.1) is 11.6 Å². The van der Waals surface area contributed by atoms with Crippen LogP contribution in [0.25, 0.3) is 0 Å². The minimum atomic E-state index is -0.395. The van der Waals surface area contributed by atoms with Crippen LogP contribution in [0.5, 0.6) is 0 Å². The van der Waals surface area contributed by atoms with E-state index in [0.717, 1.165) is 5.56 Å². The highest BCUT2D eigenvalue weighted by molar-refractivity contribution is 7.80. The molecule has 0 amide bonds. The van der Waals surface area contributed by atoms with E-state index in [0.29, 0.717) is 17.3 Å². The molecule has 0 atom stereocenters. The quantitative estimate of drug-likeness (QED) is 0.647. The number of hydrogen-bond acceptors (Lipinski definition) is 2. The molecule has 8 heteroatoms. The van der Waals surface area contributed by atoms with Crippen LogP contribution in [-0.2, 0) is 6.54 Å². The minimum absolute atomic E-state index is 0.240. The molecule has 3 aromatic rings. The predicted octanol–water partition coefficient (Wildman–Crippen LogP) is 4.67. The van der Waals surface area contributed by atoms with Gasteiger partial charge in [-0.25, -0.2) is 8.78 Å². The fourth-order valence-corrected chi connectivity index (χ4v) is 2.64. The Hall–Kier alpha value is -2.51. The Balaban J connectivity index is 1.63. The largest absolute Gasteiger partial charge is 0.330 e. The average molecular weight is 379 g/mol. The van der Waals surface area contributed by atoms with Crippen LogP contribution in [0.1, 0.15) is 5.56 Å². The van der Waals surface area contributed by atoms with Gasteiger partial charge in [0.1, 0.15) is 11.6 Å². The number of hydrogen-bond donors (Lipinski definition) is 2. The molecule has 3 rings (SSSR count). The van der Waals surface area contributed by atoms with Crippen molar-refractivity contribution < 1.29 is 8.78 Å². The molecule has 2 aromatic carbocycles. The van der Waals surface area contributed by atoms with Crippen LogP contribution in [-0.4, -0.2) is 14.9 Å². The second-order valence-corrected chi connectivity index (χ2v) is 6.04. The molecule has 0 spiro atoms. The van der Waals surface area contributed by atoms with Crippen molar-refractivity contribution in [1.29, 1.82) is 0 Å². The van der Waals surface area contributed by atoms with Crippen molar-refractivity contribution in [3.63, 3.8) is 0 Å². The van der Waals surface area contributed by atoms with E-state index < -0.39 is 5.82 Å². The van der Waals surface area contributed by atoms with E-state index in [1.807, 2.05) is 0 Å². The standard InChI is InChI=1S/C17H13ClF2N4S/c18-14-7-12(19)6-5-11(14)9-24-10-13(8-21-24)22-17(25)23-16-4-2-1-3-15(16)20/h1-8,10H,9H2,(H2,22,23,25). The fraction of sp³-hybridized carbons (Fsp3) is 0.0588. The number of nitrogens with zero attached hydrogens (tertiary/aromatic N) is 2. The van der Waals surface area contributed by atoms with Gasteiger partial charge >= 0.3 is 0 Å². The molecule has 2 N–H and O–H groups in total. The zero-order valence-electron chi connectivity index (χ0n) is 12.8. The third kappa shape index (κ3) is 4.52. The van der Waals surface area contributed by atoms with Crippen molar-refractivity contribution in [3.05, 3.63) is 77.1 Å². The first-order chi connectivity index (χ1) is 12.0. The molecule has 0 bridgehead atoms. The van der Waals surface area contributed by atoms with E-state index in [9.17, 15) is 8.78 Å². The van der Waals surface area contributed by atoms with Gasteiger partial charge in [-0.05, 0) is 42.0 Å². The van der Waals surface area contributed by atoms with Gasteiger partial charge in [0, 0.05) is 11.2 Å². The number of rotatable bonds is 4. The first kappa shape index (κ1) is 17.3. The molecule has 1 heterocycles. The summed E-state index contributed by atoms with van der Waals surface area (Å²) in [6, 6.07) is 10.4. The second kappa shape index (κ2) is 7.58. The SMILES string of the molecule is Fc1ccc(Cn2cc(NC(=S)Nc3ccccc3F)cn2)c(Cl)c1. The van der Waals surface area contributed by atoms with Gasteiger partial charge in [-0.2, -0.15) is 5.10 Å². The summed E-state index contributed by atoms with van der Waals surface area (Å²) in [4.78, 5) is 0. The zero-order valence-corrected chi connectivity index (χ0v) is 14.4. The van der Waals surface area contributed by atoms with Crippen molar-refractivity contribution in [2.24, 2.45) is 0 Å². The zero-order chi connectivity index (χ0) is 17.8. The maximum atomic E-state index is 13.6. The number of anilines is 2. The molecule has 25 heavy (non-hydrogen) atoms. The maximum Gasteiger partial charge on any atom is 0.175 e. The van der Waals surface area contributed by atoms with E-state index in [-0.39, 0.29) is 16.6 Å². The molecule has 0 fully saturated rings. The Bertz CT molecular complexity index is 913. The smallest absolute Gasteiger partial charge is 0.175 e. The molecule has 0 aliphatic heterocycles. The van der Waals surface area contributed by atoms with Gasteiger partial charge in [0.2, 0.25) is 0 Å². The molecular formula is C17H13ClF2N4S. The summed E-state index contributed by atoms with van der Waals surface area (Å²) >= 11 is 11.2. The Morgan fingerprint density at radius 3 is 2.72 bits per heavy atom. The normalized spacial score (nSPS) is 10.5. The number of thiocarbonyl (C=S) groups is 1. The number of aromatic nitrogens is 2. The Labute approximate surface area is 153 Å². The van der Waals surface area contributed by atoms with Gasteiger partial charge in [0.05, 0.1) is 24.1 Å². The van der Waals surface area contributed by atoms with Crippen LogP contribution in [0.4, 0.5) is 20.2 Å². The summed E-state index contributed by atoms with van der Waals surface area (Å²) in [5, 5.41) is 10.5. The van der Waals surface area contributed by atoms with Gasteiger partial charge in [0.15, 0.2) is 5.11 Å². The molecule has 0 saturated carbocycles. The first-order valence-electron chi connectivity index (χ1n) is 7.30. The van der Waals surface area contributed by atoms with Crippen molar-refractivity contribution in [2.45, 2.75) is 6.54 Å². The highest BCUT2D eigenvalue weighted by Gasteiger charge is 2.07. The summed E-state index contributed by atoms with van der Waals surface area (Å²) < 4.78 is 28.3. The number of halogens is 3. The molecule has 0 saturated heterocycles. The molecule has 0 aliphatic rings. The Morgan fingerprint density at radius 2 is 1.96 bits per heavy atom. The molecule has 128 valence electrons. The summed E-state index contributed by atoms with van der Waals surface area (Å²) in [6.45, 7) is 0.383. The molecule has 1 aromatic heterocycles. The van der Waals surface area contributed by atoms with E-state index >= 15 is 0 Å². The van der Waals surface area contributed by atoms with Gasteiger partial charge in [-0.15, -0.1) is 0 Å². The summed E-state index contributed by atoms with van der Waals surface area (Å²) in [6.07, 6.45) is 3.29. The van der Waals surface area contributed by atoms with Crippen molar-refractivity contribution in [2.75, 3.05) is 10.6 Å². The second-order valence-electron chi connectivity index (χ2n) is 5.22. The lowest BCUT2D eigenvalue weighted by molar-refractivity contribution is 0.624. The van der Waals surface area contributed by atoms with Gasteiger partial charge in [-0.3, -0.25) is 4.68 Å².